The van der Waals surface area contributed by atoms with Gasteiger partial charge in [-0.3, -0.25) is 4.31 Å². The van der Waals surface area contributed by atoms with Crippen LogP contribution >= 0.6 is 0 Å². The molecular formula is C19H23NO6S. The number of carbonyl (C=O) groups excluding carboxylic acids is 1. The van der Waals surface area contributed by atoms with E-state index in [0.717, 1.165) is 0 Å². The molecule has 0 radical (unpaired) electrons. The SMILES string of the molecule is CCOC(=O)c1ccc(N(CC)S(=O)(=O)c2ccc(OC)c(OC)c2)cc1. The third kappa shape index (κ3) is 4.33. The maximum Gasteiger partial charge on any atom is 0.338 e. The molecule has 0 atom stereocenters. The molecule has 0 unspecified atom stereocenters. The highest BCUT2D eigenvalue weighted by Crippen LogP contribution is 2.32. The molecule has 8 heteroatoms. The Balaban J connectivity index is 2.39. The summed E-state index contributed by atoms with van der Waals surface area (Å²) in [5, 5.41) is 0. The molecule has 0 bridgehead atoms. The van der Waals surface area contributed by atoms with E-state index < -0.39 is 16.0 Å². The Morgan fingerprint density at radius 2 is 1.59 bits per heavy atom. The predicted molar refractivity (Wildman–Crippen MR) is 102 cm³/mol. The molecule has 0 aromatic heterocycles. The van der Waals surface area contributed by atoms with Gasteiger partial charge in [0.1, 0.15) is 0 Å². The van der Waals surface area contributed by atoms with Crippen molar-refractivity contribution in [2.45, 2.75) is 18.7 Å². The van der Waals surface area contributed by atoms with E-state index in [1.165, 1.54) is 30.7 Å². The molecule has 0 heterocycles. The van der Waals surface area contributed by atoms with Crippen LogP contribution in [0.4, 0.5) is 5.69 Å². The molecule has 0 saturated carbocycles. The maximum atomic E-state index is 13.1. The summed E-state index contributed by atoms with van der Waals surface area (Å²) in [6.07, 6.45) is 0. The van der Waals surface area contributed by atoms with E-state index in [4.69, 9.17) is 14.2 Å². The molecule has 146 valence electrons. The van der Waals surface area contributed by atoms with Gasteiger partial charge in [0.15, 0.2) is 11.5 Å². The van der Waals surface area contributed by atoms with Gasteiger partial charge >= 0.3 is 5.97 Å². The van der Waals surface area contributed by atoms with Gasteiger partial charge in [0.25, 0.3) is 10.0 Å². The number of hydrogen-bond donors (Lipinski definition) is 0. The number of anilines is 1. The summed E-state index contributed by atoms with van der Waals surface area (Å²) < 4.78 is 42.7. The Morgan fingerprint density at radius 3 is 2.11 bits per heavy atom. The zero-order valence-electron chi connectivity index (χ0n) is 15.8. The Hall–Kier alpha value is -2.74. The molecule has 0 saturated heterocycles. The molecule has 0 amide bonds. The number of ether oxygens (including phenoxy) is 3. The first-order chi connectivity index (χ1) is 12.9. The van der Waals surface area contributed by atoms with Crippen molar-refractivity contribution in [1.29, 1.82) is 0 Å². The van der Waals surface area contributed by atoms with Crippen LogP contribution in [0.2, 0.25) is 0 Å². The van der Waals surface area contributed by atoms with Crippen LogP contribution in [0.5, 0.6) is 11.5 Å². The number of sulfonamides is 1. The van der Waals surface area contributed by atoms with Gasteiger partial charge in [-0.05, 0) is 50.2 Å². The quantitative estimate of drug-likeness (QED) is 0.641. The maximum absolute atomic E-state index is 13.1. The van der Waals surface area contributed by atoms with Gasteiger partial charge in [0.2, 0.25) is 0 Å². The highest BCUT2D eigenvalue weighted by Gasteiger charge is 2.25. The number of methoxy groups -OCH3 is 2. The largest absolute Gasteiger partial charge is 0.493 e. The van der Waals surface area contributed by atoms with Gasteiger partial charge in [-0.2, -0.15) is 0 Å². The first-order valence-electron chi connectivity index (χ1n) is 8.41. The van der Waals surface area contributed by atoms with Crippen molar-refractivity contribution in [3.05, 3.63) is 48.0 Å². The Labute approximate surface area is 159 Å². The molecule has 2 aromatic rings. The molecule has 0 aliphatic carbocycles. The summed E-state index contributed by atoms with van der Waals surface area (Å²) in [5.41, 5.74) is 0.806. The Morgan fingerprint density at radius 1 is 0.963 bits per heavy atom. The van der Waals surface area contributed by atoms with Crippen LogP contribution in [0.25, 0.3) is 0 Å². The van der Waals surface area contributed by atoms with Gasteiger partial charge in [-0.25, -0.2) is 13.2 Å². The lowest BCUT2D eigenvalue weighted by Crippen LogP contribution is -2.30. The number of hydrogen-bond acceptors (Lipinski definition) is 6. The number of benzene rings is 2. The highest BCUT2D eigenvalue weighted by molar-refractivity contribution is 7.92. The van der Waals surface area contributed by atoms with Crippen LogP contribution < -0.4 is 13.8 Å². The van der Waals surface area contributed by atoms with Crippen LogP contribution in [0.3, 0.4) is 0 Å². The van der Waals surface area contributed by atoms with E-state index in [-0.39, 0.29) is 18.0 Å². The standard InChI is InChI=1S/C19H23NO6S/c1-5-20(15-9-7-14(8-10-15)19(21)26-6-2)27(22,23)16-11-12-17(24-3)18(13-16)25-4/h7-13H,5-6H2,1-4H3. The van der Waals surface area contributed by atoms with E-state index in [0.29, 0.717) is 22.7 Å². The van der Waals surface area contributed by atoms with E-state index >= 15 is 0 Å². The molecule has 0 fully saturated rings. The van der Waals surface area contributed by atoms with Crippen LogP contribution in [0.15, 0.2) is 47.4 Å². The lowest BCUT2D eigenvalue weighted by Gasteiger charge is -2.23. The van der Waals surface area contributed by atoms with Crippen LogP contribution in [-0.4, -0.2) is 41.8 Å². The second-order valence-electron chi connectivity index (χ2n) is 5.45. The van der Waals surface area contributed by atoms with E-state index in [1.807, 2.05) is 0 Å². The van der Waals surface area contributed by atoms with Crippen molar-refractivity contribution in [2.24, 2.45) is 0 Å². The molecule has 0 aliphatic rings. The number of rotatable bonds is 8. The molecular weight excluding hydrogens is 370 g/mol. The predicted octanol–water partition coefficient (Wildman–Crippen LogP) is 3.10. The van der Waals surface area contributed by atoms with E-state index in [9.17, 15) is 13.2 Å². The second-order valence-corrected chi connectivity index (χ2v) is 7.32. The fourth-order valence-corrected chi connectivity index (χ4v) is 4.06. The van der Waals surface area contributed by atoms with E-state index in [1.54, 1.807) is 44.2 Å². The zero-order chi connectivity index (χ0) is 20.0. The van der Waals surface area contributed by atoms with Crippen molar-refractivity contribution in [1.82, 2.24) is 0 Å². The first-order valence-corrected chi connectivity index (χ1v) is 9.85. The van der Waals surface area contributed by atoms with Crippen molar-refractivity contribution in [3.8, 4) is 11.5 Å². The number of carbonyl (C=O) groups is 1. The third-order valence-corrected chi connectivity index (χ3v) is 5.80. The van der Waals surface area contributed by atoms with Gasteiger partial charge < -0.3 is 14.2 Å². The van der Waals surface area contributed by atoms with Gasteiger partial charge in [-0.15, -0.1) is 0 Å². The number of nitrogens with zero attached hydrogens (tertiary/aromatic N) is 1. The van der Waals surface area contributed by atoms with E-state index in [2.05, 4.69) is 0 Å². The molecule has 27 heavy (non-hydrogen) atoms. The van der Waals surface area contributed by atoms with Crippen molar-refractivity contribution < 1.29 is 27.4 Å². The monoisotopic (exact) mass is 393 g/mol. The normalized spacial score (nSPS) is 11.0. The fourth-order valence-electron chi connectivity index (χ4n) is 2.57. The first kappa shape index (κ1) is 20.6. The van der Waals surface area contributed by atoms with Gasteiger partial charge in [0, 0.05) is 12.6 Å². The van der Waals surface area contributed by atoms with Gasteiger partial charge in [0.05, 0.1) is 37.0 Å². The van der Waals surface area contributed by atoms with Crippen LogP contribution in [0, 0.1) is 0 Å². The summed E-state index contributed by atoms with van der Waals surface area (Å²) in [6.45, 7) is 3.95. The lowest BCUT2D eigenvalue weighted by molar-refractivity contribution is 0.0526. The molecule has 0 spiro atoms. The summed E-state index contributed by atoms with van der Waals surface area (Å²) >= 11 is 0. The average Bonchev–Trinajstić information content (AvgIpc) is 2.68. The molecule has 7 nitrogen and oxygen atoms in total. The summed E-state index contributed by atoms with van der Waals surface area (Å²) in [5.74, 6) is 0.320. The second kappa shape index (κ2) is 8.77. The molecule has 2 rings (SSSR count). The minimum absolute atomic E-state index is 0.0801. The van der Waals surface area contributed by atoms with Crippen LogP contribution in [-0.2, 0) is 14.8 Å². The minimum Gasteiger partial charge on any atom is -0.493 e. The summed E-state index contributed by atoms with van der Waals surface area (Å²) in [6, 6.07) is 10.7. The van der Waals surface area contributed by atoms with Crippen LogP contribution in [0.1, 0.15) is 24.2 Å². The Kier molecular flexibility index (Phi) is 6.68. The van der Waals surface area contributed by atoms with Gasteiger partial charge in [-0.1, -0.05) is 0 Å². The fraction of sp³-hybridized carbons (Fsp3) is 0.316. The zero-order valence-corrected chi connectivity index (χ0v) is 16.6. The van der Waals surface area contributed by atoms with Crippen molar-refractivity contribution in [2.75, 3.05) is 31.7 Å². The number of esters is 1. The molecule has 2 aromatic carbocycles. The topological polar surface area (TPSA) is 82.1 Å². The smallest absolute Gasteiger partial charge is 0.338 e. The molecule has 0 aliphatic heterocycles. The third-order valence-electron chi connectivity index (χ3n) is 3.90. The summed E-state index contributed by atoms with van der Waals surface area (Å²) in [7, 11) is -0.897. The van der Waals surface area contributed by atoms with Crippen molar-refractivity contribution in [3.63, 3.8) is 0 Å². The lowest BCUT2D eigenvalue weighted by atomic mass is 10.2. The minimum atomic E-state index is -3.82. The summed E-state index contributed by atoms with van der Waals surface area (Å²) in [4.78, 5) is 11.8. The average molecular weight is 393 g/mol. The van der Waals surface area contributed by atoms with Crippen molar-refractivity contribution >= 4 is 21.7 Å². The highest BCUT2D eigenvalue weighted by atomic mass is 32.2. The Bertz CT molecular complexity index is 893. The molecule has 0 N–H and O–H groups in total.